The van der Waals surface area contributed by atoms with Gasteiger partial charge in [-0.25, -0.2) is 4.79 Å². The Labute approximate surface area is 135 Å². The third-order valence-electron chi connectivity index (χ3n) is 3.90. The summed E-state index contributed by atoms with van der Waals surface area (Å²) in [7, 11) is 0. The minimum atomic E-state index is -0.0484. The van der Waals surface area contributed by atoms with Crippen molar-refractivity contribution >= 4 is 6.03 Å². The van der Waals surface area contributed by atoms with Crippen molar-refractivity contribution in [2.75, 3.05) is 26.2 Å². The van der Waals surface area contributed by atoms with Gasteiger partial charge in [-0.15, -0.1) is 0 Å². The highest BCUT2D eigenvalue weighted by Gasteiger charge is 2.19. The van der Waals surface area contributed by atoms with E-state index < -0.39 is 0 Å². The van der Waals surface area contributed by atoms with Gasteiger partial charge < -0.3 is 14.7 Å². The van der Waals surface area contributed by atoms with Gasteiger partial charge in [0.2, 0.25) is 0 Å². The molecule has 0 aromatic carbocycles. The molecule has 1 aliphatic heterocycles. The molecule has 7 nitrogen and oxygen atoms in total. The van der Waals surface area contributed by atoms with Gasteiger partial charge in [-0.05, 0) is 18.6 Å². The Morgan fingerprint density at radius 2 is 2.13 bits per heavy atom. The maximum atomic E-state index is 12.2. The first-order valence-corrected chi connectivity index (χ1v) is 7.85. The highest BCUT2D eigenvalue weighted by molar-refractivity contribution is 5.74. The molecule has 3 heterocycles. The number of hydrogen-bond acceptors (Lipinski definition) is 5. The number of rotatable bonds is 4. The minimum absolute atomic E-state index is 0.0484. The molecule has 122 valence electrons. The van der Waals surface area contributed by atoms with E-state index in [1.165, 1.54) is 6.26 Å². The van der Waals surface area contributed by atoms with Crippen LogP contribution < -0.4 is 5.32 Å². The molecule has 2 aromatic rings. The van der Waals surface area contributed by atoms with Gasteiger partial charge in [0, 0.05) is 45.0 Å². The van der Waals surface area contributed by atoms with Crippen molar-refractivity contribution in [2.24, 2.45) is 0 Å². The number of urea groups is 1. The van der Waals surface area contributed by atoms with Crippen LogP contribution in [0, 0.1) is 0 Å². The van der Waals surface area contributed by atoms with Crippen LogP contribution in [-0.4, -0.2) is 52.2 Å². The molecule has 2 aromatic heterocycles. The topological polar surface area (TPSA) is 74.5 Å². The fraction of sp³-hybridized carbons (Fsp3) is 0.438. The van der Waals surface area contributed by atoms with E-state index in [4.69, 9.17) is 4.52 Å². The Balaban J connectivity index is 1.47. The van der Waals surface area contributed by atoms with Gasteiger partial charge in [0.15, 0.2) is 0 Å². The van der Waals surface area contributed by atoms with E-state index in [1.807, 2.05) is 29.3 Å². The lowest BCUT2D eigenvalue weighted by Gasteiger charge is -2.22. The molecular weight excluding hydrogens is 294 g/mol. The van der Waals surface area contributed by atoms with E-state index in [-0.39, 0.29) is 6.03 Å². The number of nitrogens with one attached hydrogen (secondary N) is 1. The first kappa shape index (κ1) is 15.5. The van der Waals surface area contributed by atoms with Crippen molar-refractivity contribution in [3.8, 4) is 0 Å². The molecule has 23 heavy (non-hydrogen) atoms. The summed E-state index contributed by atoms with van der Waals surface area (Å²) in [6.45, 7) is 4.54. The molecular formula is C16H21N5O2. The van der Waals surface area contributed by atoms with E-state index in [2.05, 4.69) is 20.4 Å². The SMILES string of the molecule is O=C(NCc1ccon1)N1CCCN(Cc2ccccn2)CC1. The van der Waals surface area contributed by atoms with Crippen LogP contribution in [0.2, 0.25) is 0 Å². The van der Waals surface area contributed by atoms with Crippen LogP contribution in [0.25, 0.3) is 0 Å². The number of nitrogens with zero attached hydrogens (tertiary/aromatic N) is 4. The van der Waals surface area contributed by atoms with E-state index in [1.54, 1.807) is 6.07 Å². The average Bonchev–Trinajstić information content (AvgIpc) is 2.99. The summed E-state index contributed by atoms with van der Waals surface area (Å²) in [6, 6.07) is 7.66. The predicted octanol–water partition coefficient (Wildman–Crippen LogP) is 1.49. The maximum Gasteiger partial charge on any atom is 0.317 e. The molecule has 0 unspecified atom stereocenters. The van der Waals surface area contributed by atoms with Crippen molar-refractivity contribution in [3.05, 3.63) is 48.1 Å². The Morgan fingerprint density at radius 1 is 1.17 bits per heavy atom. The summed E-state index contributed by atoms with van der Waals surface area (Å²) in [5.74, 6) is 0. The molecule has 1 fully saturated rings. The fourth-order valence-electron chi connectivity index (χ4n) is 2.66. The lowest BCUT2D eigenvalue weighted by molar-refractivity contribution is 0.197. The largest absolute Gasteiger partial charge is 0.364 e. The standard InChI is InChI=1S/C16H21N5O2/c22-16(18-12-14-5-11-23-19-14)21-8-3-7-20(9-10-21)13-15-4-1-2-6-17-15/h1-2,4-6,11H,3,7-10,12-13H2,(H,18,22). The Hall–Kier alpha value is -2.41. The third-order valence-corrected chi connectivity index (χ3v) is 3.90. The van der Waals surface area contributed by atoms with Crippen LogP contribution in [0.4, 0.5) is 4.79 Å². The fourth-order valence-corrected chi connectivity index (χ4v) is 2.66. The molecule has 1 saturated heterocycles. The van der Waals surface area contributed by atoms with Gasteiger partial charge in [-0.2, -0.15) is 0 Å². The molecule has 0 radical (unpaired) electrons. The summed E-state index contributed by atoms with van der Waals surface area (Å²) in [6.07, 6.45) is 4.28. The predicted molar refractivity (Wildman–Crippen MR) is 84.4 cm³/mol. The molecule has 0 spiro atoms. The maximum absolute atomic E-state index is 12.2. The molecule has 0 bridgehead atoms. The quantitative estimate of drug-likeness (QED) is 0.925. The zero-order valence-corrected chi connectivity index (χ0v) is 13.0. The number of aromatic nitrogens is 2. The van der Waals surface area contributed by atoms with Gasteiger partial charge in [0.1, 0.15) is 12.0 Å². The van der Waals surface area contributed by atoms with Gasteiger partial charge in [-0.1, -0.05) is 11.2 Å². The first-order valence-electron chi connectivity index (χ1n) is 7.85. The van der Waals surface area contributed by atoms with Crippen LogP contribution >= 0.6 is 0 Å². The van der Waals surface area contributed by atoms with Crippen molar-refractivity contribution < 1.29 is 9.32 Å². The second-order valence-corrected chi connectivity index (χ2v) is 5.59. The second-order valence-electron chi connectivity index (χ2n) is 5.59. The Kier molecular flexibility index (Phi) is 5.21. The van der Waals surface area contributed by atoms with Crippen molar-refractivity contribution in [1.82, 2.24) is 25.3 Å². The van der Waals surface area contributed by atoms with Crippen molar-refractivity contribution in [1.29, 1.82) is 0 Å². The van der Waals surface area contributed by atoms with Crippen LogP contribution in [0.15, 0.2) is 41.2 Å². The van der Waals surface area contributed by atoms with Crippen molar-refractivity contribution in [2.45, 2.75) is 19.5 Å². The molecule has 0 aliphatic carbocycles. The molecule has 0 saturated carbocycles. The second kappa shape index (κ2) is 7.73. The molecule has 2 amide bonds. The third kappa shape index (κ3) is 4.53. The molecule has 1 aliphatic rings. The highest BCUT2D eigenvalue weighted by atomic mass is 16.5. The van der Waals surface area contributed by atoms with Gasteiger partial charge in [-0.3, -0.25) is 9.88 Å². The monoisotopic (exact) mass is 315 g/mol. The van der Waals surface area contributed by atoms with E-state index in [9.17, 15) is 4.79 Å². The lowest BCUT2D eigenvalue weighted by atomic mass is 10.3. The average molecular weight is 315 g/mol. The summed E-state index contributed by atoms with van der Waals surface area (Å²) >= 11 is 0. The summed E-state index contributed by atoms with van der Waals surface area (Å²) in [5.41, 5.74) is 1.79. The number of hydrogen-bond donors (Lipinski definition) is 1. The lowest BCUT2D eigenvalue weighted by Crippen LogP contribution is -2.41. The van der Waals surface area contributed by atoms with Crippen LogP contribution in [-0.2, 0) is 13.1 Å². The normalized spacial score (nSPS) is 16.1. The number of carbonyl (C=O) groups is 1. The summed E-state index contributed by atoms with van der Waals surface area (Å²) in [4.78, 5) is 20.8. The van der Waals surface area contributed by atoms with E-state index in [0.717, 1.165) is 50.5 Å². The van der Waals surface area contributed by atoms with E-state index >= 15 is 0 Å². The summed E-state index contributed by atoms with van der Waals surface area (Å²) < 4.78 is 4.76. The van der Waals surface area contributed by atoms with Crippen molar-refractivity contribution in [3.63, 3.8) is 0 Å². The number of amides is 2. The Morgan fingerprint density at radius 3 is 2.91 bits per heavy atom. The van der Waals surface area contributed by atoms with Gasteiger partial charge in [0.25, 0.3) is 0 Å². The summed E-state index contributed by atoms with van der Waals surface area (Å²) in [5, 5.41) is 6.67. The highest BCUT2D eigenvalue weighted by Crippen LogP contribution is 2.07. The van der Waals surface area contributed by atoms with Gasteiger partial charge in [0.05, 0.1) is 12.2 Å². The zero-order chi connectivity index (χ0) is 15.9. The van der Waals surface area contributed by atoms with Crippen LogP contribution in [0.1, 0.15) is 17.8 Å². The number of pyridine rings is 1. The zero-order valence-electron chi connectivity index (χ0n) is 13.0. The molecule has 7 heteroatoms. The molecule has 1 N–H and O–H groups in total. The first-order chi connectivity index (χ1) is 11.3. The van der Waals surface area contributed by atoms with Crippen LogP contribution in [0.3, 0.4) is 0 Å². The minimum Gasteiger partial charge on any atom is -0.364 e. The van der Waals surface area contributed by atoms with Gasteiger partial charge >= 0.3 is 6.03 Å². The van der Waals surface area contributed by atoms with Crippen LogP contribution in [0.5, 0.6) is 0 Å². The molecule has 3 rings (SSSR count). The number of carbonyl (C=O) groups excluding carboxylic acids is 1. The van der Waals surface area contributed by atoms with E-state index in [0.29, 0.717) is 6.54 Å². The molecule has 0 atom stereocenters. The Bertz CT molecular complexity index is 602. The smallest absolute Gasteiger partial charge is 0.317 e.